The van der Waals surface area contributed by atoms with Gasteiger partial charge in [0.05, 0.1) is 6.54 Å². The van der Waals surface area contributed by atoms with Crippen LogP contribution in [0.1, 0.15) is 31.0 Å². The number of hydrogen-bond donors (Lipinski definition) is 2. The van der Waals surface area contributed by atoms with E-state index in [2.05, 4.69) is 28.4 Å². The molecule has 19 heavy (non-hydrogen) atoms. The fraction of sp³-hybridized carbons (Fsp3) is 0.533. The molecule has 1 aliphatic rings. The van der Waals surface area contributed by atoms with Gasteiger partial charge in [0.25, 0.3) is 0 Å². The maximum atomic E-state index is 11.9. The molecule has 1 aromatic carbocycles. The summed E-state index contributed by atoms with van der Waals surface area (Å²) in [4.78, 5) is 14.1. The molecule has 0 fully saturated rings. The van der Waals surface area contributed by atoms with Crippen molar-refractivity contribution < 1.29 is 4.79 Å². The first-order chi connectivity index (χ1) is 9.11. The molecule has 1 aromatic rings. The lowest BCUT2D eigenvalue weighted by molar-refractivity contribution is -0.123. The van der Waals surface area contributed by atoms with Gasteiger partial charge in [0, 0.05) is 25.2 Å². The molecule has 0 spiro atoms. The maximum absolute atomic E-state index is 11.9. The number of nitrogens with one attached hydrogen (secondary N) is 1. The van der Waals surface area contributed by atoms with Crippen LogP contribution in [0.5, 0.6) is 0 Å². The lowest BCUT2D eigenvalue weighted by Gasteiger charge is -2.36. The van der Waals surface area contributed by atoms with Gasteiger partial charge in [-0.3, -0.25) is 9.69 Å². The van der Waals surface area contributed by atoms with Crippen molar-refractivity contribution in [1.82, 2.24) is 10.2 Å². The van der Waals surface area contributed by atoms with Crippen LogP contribution < -0.4 is 11.1 Å². The maximum Gasteiger partial charge on any atom is 0.234 e. The van der Waals surface area contributed by atoms with E-state index in [4.69, 9.17) is 5.73 Å². The molecule has 104 valence electrons. The smallest absolute Gasteiger partial charge is 0.234 e. The average Bonchev–Trinajstić information content (AvgIpc) is 2.37. The van der Waals surface area contributed by atoms with Gasteiger partial charge in [0.15, 0.2) is 0 Å². The zero-order valence-electron chi connectivity index (χ0n) is 11.7. The van der Waals surface area contributed by atoms with Crippen LogP contribution >= 0.6 is 0 Å². The third-order valence-electron chi connectivity index (χ3n) is 3.54. The molecule has 1 aliphatic heterocycles. The number of hydrogen-bond acceptors (Lipinski definition) is 3. The molecule has 1 heterocycles. The van der Waals surface area contributed by atoms with Gasteiger partial charge in [0.2, 0.25) is 5.91 Å². The minimum Gasteiger partial charge on any atom is -0.353 e. The molecular weight excluding hydrogens is 238 g/mol. The van der Waals surface area contributed by atoms with Crippen molar-refractivity contribution >= 4 is 5.91 Å². The first-order valence-corrected chi connectivity index (χ1v) is 6.93. The predicted octanol–water partition coefficient (Wildman–Crippen LogP) is 1.07. The number of carbonyl (C=O) groups is 1. The summed E-state index contributed by atoms with van der Waals surface area (Å²) in [6.07, 6.45) is 0.988. The summed E-state index contributed by atoms with van der Waals surface area (Å²) in [7, 11) is 0. The van der Waals surface area contributed by atoms with Gasteiger partial charge < -0.3 is 11.1 Å². The number of nitrogens with two attached hydrogens (primary N) is 1. The van der Waals surface area contributed by atoms with E-state index in [0.717, 1.165) is 13.0 Å². The Labute approximate surface area is 115 Å². The Morgan fingerprint density at radius 3 is 2.89 bits per heavy atom. The molecule has 0 aliphatic carbocycles. The Morgan fingerprint density at radius 1 is 1.47 bits per heavy atom. The molecular formula is C15H23N3O. The molecule has 0 saturated heterocycles. The molecule has 3 N–H and O–H groups in total. The van der Waals surface area contributed by atoms with Crippen molar-refractivity contribution in [2.24, 2.45) is 5.73 Å². The van der Waals surface area contributed by atoms with Crippen LogP contribution in [0.25, 0.3) is 0 Å². The van der Waals surface area contributed by atoms with E-state index in [-0.39, 0.29) is 18.0 Å². The Balaban J connectivity index is 2.09. The Kier molecular flexibility index (Phi) is 4.56. The van der Waals surface area contributed by atoms with Gasteiger partial charge in [-0.1, -0.05) is 24.3 Å². The fourth-order valence-corrected chi connectivity index (χ4v) is 2.72. The summed E-state index contributed by atoms with van der Waals surface area (Å²) < 4.78 is 0. The van der Waals surface area contributed by atoms with Crippen LogP contribution in [0.4, 0.5) is 0 Å². The summed E-state index contributed by atoms with van der Waals surface area (Å²) in [5.74, 6) is 0.0767. The van der Waals surface area contributed by atoms with E-state index in [1.165, 1.54) is 11.1 Å². The summed E-state index contributed by atoms with van der Waals surface area (Å²) in [6.45, 7) is 5.82. The SMILES string of the molecule is CC(C)NC(=O)CN1CCc2ccccc2C1CN. The summed E-state index contributed by atoms with van der Waals surface area (Å²) >= 11 is 0. The van der Waals surface area contributed by atoms with Crippen molar-refractivity contribution in [3.63, 3.8) is 0 Å². The van der Waals surface area contributed by atoms with Gasteiger partial charge >= 0.3 is 0 Å². The van der Waals surface area contributed by atoms with Crippen LogP contribution in [0.3, 0.4) is 0 Å². The minimum atomic E-state index is 0.0767. The molecule has 1 unspecified atom stereocenters. The van der Waals surface area contributed by atoms with Crippen LogP contribution in [0.2, 0.25) is 0 Å². The van der Waals surface area contributed by atoms with Gasteiger partial charge in [-0.15, -0.1) is 0 Å². The van der Waals surface area contributed by atoms with Crippen molar-refractivity contribution in [3.8, 4) is 0 Å². The third kappa shape index (κ3) is 3.33. The zero-order valence-corrected chi connectivity index (χ0v) is 11.7. The second-order valence-electron chi connectivity index (χ2n) is 5.39. The minimum absolute atomic E-state index is 0.0767. The fourth-order valence-electron chi connectivity index (χ4n) is 2.72. The van der Waals surface area contributed by atoms with Gasteiger partial charge in [-0.2, -0.15) is 0 Å². The Hall–Kier alpha value is -1.39. The number of rotatable bonds is 4. The van der Waals surface area contributed by atoms with E-state index in [9.17, 15) is 4.79 Å². The standard InChI is InChI=1S/C15H23N3O/c1-11(2)17-15(19)10-18-8-7-12-5-3-4-6-13(12)14(18)9-16/h3-6,11,14H,7-10,16H2,1-2H3,(H,17,19). The van der Waals surface area contributed by atoms with E-state index in [0.29, 0.717) is 13.1 Å². The molecule has 0 aromatic heterocycles. The lowest BCUT2D eigenvalue weighted by Crippen LogP contribution is -2.46. The quantitative estimate of drug-likeness (QED) is 0.852. The molecule has 1 amide bonds. The summed E-state index contributed by atoms with van der Waals surface area (Å²) in [5.41, 5.74) is 8.54. The Bertz CT molecular complexity index is 445. The van der Waals surface area contributed by atoms with Crippen molar-refractivity contribution in [3.05, 3.63) is 35.4 Å². The van der Waals surface area contributed by atoms with Crippen LogP contribution in [-0.4, -0.2) is 36.5 Å². The number of carbonyl (C=O) groups excluding carboxylic acids is 1. The second kappa shape index (κ2) is 6.17. The van der Waals surface area contributed by atoms with Gasteiger partial charge in [-0.05, 0) is 31.4 Å². The van der Waals surface area contributed by atoms with Crippen molar-refractivity contribution in [1.29, 1.82) is 0 Å². The monoisotopic (exact) mass is 261 g/mol. The molecule has 0 radical (unpaired) electrons. The second-order valence-corrected chi connectivity index (χ2v) is 5.39. The Morgan fingerprint density at radius 2 is 2.21 bits per heavy atom. The molecule has 4 heteroatoms. The van der Waals surface area contributed by atoms with Gasteiger partial charge in [0.1, 0.15) is 0 Å². The molecule has 0 saturated carbocycles. The average molecular weight is 261 g/mol. The first kappa shape index (κ1) is 14.0. The number of fused-ring (bicyclic) bond motifs is 1. The number of amides is 1. The highest BCUT2D eigenvalue weighted by molar-refractivity contribution is 5.78. The largest absolute Gasteiger partial charge is 0.353 e. The topological polar surface area (TPSA) is 58.4 Å². The lowest BCUT2D eigenvalue weighted by atomic mass is 9.92. The van der Waals surface area contributed by atoms with E-state index in [1.54, 1.807) is 0 Å². The third-order valence-corrected chi connectivity index (χ3v) is 3.54. The van der Waals surface area contributed by atoms with Gasteiger partial charge in [-0.25, -0.2) is 0 Å². The highest BCUT2D eigenvalue weighted by Gasteiger charge is 2.27. The van der Waals surface area contributed by atoms with Crippen LogP contribution in [0, 0.1) is 0 Å². The van der Waals surface area contributed by atoms with Crippen LogP contribution in [0.15, 0.2) is 24.3 Å². The van der Waals surface area contributed by atoms with Crippen molar-refractivity contribution in [2.45, 2.75) is 32.4 Å². The predicted molar refractivity (Wildman–Crippen MR) is 76.8 cm³/mol. The summed E-state index contributed by atoms with van der Waals surface area (Å²) in [6, 6.07) is 8.72. The highest BCUT2D eigenvalue weighted by Crippen LogP contribution is 2.28. The van der Waals surface area contributed by atoms with Crippen molar-refractivity contribution in [2.75, 3.05) is 19.6 Å². The number of benzene rings is 1. The van der Waals surface area contributed by atoms with E-state index in [1.807, 2.05) is 19.9 Å². The molecule has 2 rings (SSSR count). The van der Waals surface area contributed by atoms with Crippen LogP contribution in [-0.2, 0) is 11.2 Å². The molecule has 4 nitrogen and oxygen atoms in total. The molecule has 0 bridgehead atoms. The van der Waals surface area contributed by atoms with E-state index < -0.39 is 0 Å². The summed E-state index contributed by atoms with van der Waals surface area (Å²) in [5, 5.41) is 2.94. The highest BCUT2D eigenvalue weighted by atomic mass is 16.2. The normalized spacial score (nSPS) is 19.3. The van der Waals surface area contributed by atoms with E-state index >= 15 is 0 Å². The number of nitrogens with zero attached hydrogens (tertiary/aromatic N) is 1. The zero-order chi connectivity index (χ0) is 13.8. The molecule has 1 atom stereocenters. The first-order valence-electron chi connectivity index (χ1n) is 6.93.